The second-order valence-corrected chi connectivity index (χ2v) is 6.22. The molecule has 0 aliphatic carbocycles. The Morgan fingerprint density at radius 2 is 2.15 bits per heavy atom. The zero-order valence-corrected chi connectivity index (χ0v) is 12.3. The van der Waals surface area contributed by atoms with Crippen molar-refractivity contribution in [3.63, 3.8) is 0 Å². The van der Waals surface area contributed by atoms with Crippen LogP contribution in [0, 0.1) is 5.82 Å². The van der Waals surface area contributed by atoms with E-state index < -0.39 is 0 Å². The van der Waals surface area contributed by atoms with Crippen LogP contribution in [-0.4, -0.2) is 12.3 Å². The molecular formula is C15H14ClFN2S. The number of halogens is 2. The number of benzene rings is 2. The maximum absolute atomic E-state index is 13.5. The van der Waals surface area contributed by atoms with Crippen molar-refractivity contribution < 1.29 is 4.39 Å². The number of nitrogens with two attached hydrogens (primary N) is 1. The largest absolute Gasteiger partial charge is 0.399 e. The van der Waals surface area contributed by atoms with Gasteiger partial charge in [0.05, 0.1) is 10.7 Å². The molecule has 0 atom stereocenters. The van der Waals surface area contributed by atoms with Gasteiger partial charge < -0.3 is 10.6 Å². The SMILES string of the molecule is Nc1ccc2c(c1)N(Cc1cccc(F)c1Cl)CCS2. The molecule has 2 nitrogen and oxygen atoms in total. The molecule has 0 unspecified atom stereocenters. The summed E-state index contributed by atoms with van der Waals surface area (Å²) in [6.07, 6.45) is 0. The lowest BCUT2D eigenvalue weighted by Gasteiger charge is -2.31. The van der Waals surface area contributed by atoms with Gasteiger partial charge in [0.15, 0.2) is 0 Å². The van der Waals surface area contributed by atoms with Crippen molar-refractivity contribution in [2.75, 3.05) is 22.9 Å². The second-order valence-electron chi connectivity index (χ2n) is 4.71. The summed E-state index contributed by atoms with van der Waals surface area (Å²) >= 11 is 7.85. The fourth-order valence-corrected chi connectivity index (χ4v) is 3.55. The first-order chi connectivity index (χ1) is 9.65. The summed E-state index contributed by atoms with van der Waals surface area (Å²) in [4.78, 5) is 3.40. The number of fused-ring (bicyclic) bond motifs is 1. The van der Waals surface area contributed by atoms with Gasteiger partial charge in [0.2, 0.25) is 0 Å². The Morgan fingerprint density at radius 1 is 1.30 bits per heavy atom. The van der Waals surface area contributed by atoms with Gasteiger partial charge in [-0.15, -0.1) is 11.8 Å². The van der Waals surface area contributed by atoms with Crippen LogP contribution in [0.4, 0.5) is 15.8 Å². The molecule has 2 aromatic rings. The van der Waals surface area contributed by atoms with Crippen LogP contribution >= 0.6 is 23.4 Å². The number of anilines is 2. The highest BCUT2D eigenvalue weighted by molar-refractivity contribution is 7.99. The van der Waals surface area contributed by atoms with Crippen molar-refractivity contribution >= 4 is 34.7 Å². The Morgan fingerprint density at radius 3 is 3.00 bits per heavy atom. The van der Waals surface area contributed by atoms with Gasteiger partial charge in [-0.25, -0.2) is 4.39 Å². The van der Waals surface area contributed by atoms with Gasteiger partial charge in [-0.05, 0) is 29.8 Å². The van der Waals surface area contributed by atoms with Gasteiger partial charge in [0, 0.05) is 29.4 Å². The fourth-order valence-electron chi connectivity index (χ4n) is 2.33. The molecule has 0 saturated heterocycles. The second kappa shape index (κ2) is 5.54. The third-order valence-corrected chi connectivity index (χ3v) is 4.80. The van der Waals surface area contributed by atoms with Crippen LogP contribution < -0.4 is 10.6 Å². The predicted octanol–water partition coefficient (Wildman–Crippen LogP) is 4.17. The first kappa shape index (κ1) is 13.6. The molecule has 1 aliphatic rings. The molecule has 0 amide bonds. The molecule has 20 heavy (non-hydrogen) atoms. The number of nitrogens with zero attached hydrogens (tertiary/aromatic N) is 1. The van der Waals surface area contributed by atoms with Crippen LogP contribution in [0.25, 0.3) is 0 Å². The number of thioether (sulfide) groups is 1. The lowest BCUT2D eigenvalue weighted by Crippen LogP contribution is -2.28. The normalized spacial score (nSPS) is 14.2. The van der Waals surface area contributed by atoms with Gasteiger partial charge in [0.25, 0.3) is 0 Å². The Labute approximate surface area is 126 Å². The van der Waals surface area contributed by atoms with Crippen LogP contribution in [0.15, 0.2) is 41.3 Å². The van der Waals surface area contributed by atoms with Crippen molar-refractivity contribution in [3.8, 4) is 0 Å². The van der Waals surface area contributed by atoms with E-state index in [1.165, 1.54) is 11.0 Å². The molecule has 0 radical (unpaired) electrons. The Bertz CT molecular complexity index is 648. The minimum Gasteiger partial charge on any atom is -0.399 e. The van der Waals surface area contributed by atoms with E-state index in [2.05, 4.69) is 4.90 Å². The van der Waals surface area contributed by atoms with Gasteiger partial charge in [-0.1, -0.05) is 23.7 Å². The van der Waals surface area contributed by atoms with Crippen molar-refractivity contribution in [2.45, 2.75) is 11.4 Å². The summed E-state index contributed by atoms with van der Waals surface area (Å²) in [5.41, 5.74) is 8.50. The minimum atomic E-state index is -0.372. The summed E-state index contributed by atoms with van der Waals surface area (Å²) in [7, 11) is 0. The smallest absolute Gasteiger partial charge is 0.142 e. The van der Waals surface area contributed by atoms with Crippen LogP contribution in [0.5, 0.6) is 0 Å². The quantitative estimate of drug-likeness (QED) is 0.844. The fraction of sp³-hybridized carbons (Fsp3) is 0.200. The molecule has 2 aromatic carbocycles. The molecule has 1 heterocycles. The molecule has 3 rings (SSSR count). The van der Waals surface area contributed by atoms with Gasteiger partial charge >= 0.3 is 0 Å². The lowest BCUT2D eigenvalue weighted by molar-refractivity contribution is 0.625. The van der Waals surface area contributed by atoms with Crippen LogP contribution in [0.3, 0.4) is 0 Å². The van der Waals surface area contributed by atoms with Gasteiger partial charge in [0.1, 0.15) is 5.82 Å². The average Bonchev–Trinajstić information content (AvgIpc) is 2.44. The summed E-state index contributed by atoms with van der Waals surface area (Å²) in [5, 5.41) is 0.205. The maximum atomic E-state index is 13.5. The highest BCUT2D eigenvalue weighted by Crippen LogP contribution is 2.37. The number of hydrogen-bond acceptors (Lipinski definition) is 3. The first-order valence-electron chi connectivity index (χ1n) is 6.35. The molecular weight excluding hydrogens is 295 g/mol. The van der Waals surface area contributed by atoms with E-state index in [0.29, 0.717) is 6.54 Å². The third kappa shape index (κ3) is 2.58. The van der Waals surface area contributed by atoms with Crippen LogP contribution in [0.1, 0.15) is 5.56 Å². The monoisotopic (exact) mass is 308 g/mol. The standard InChI is InChI=1S/C15H14ClFN2S/c16-15-10(2-1-3-12(15)17)9-19-6-7-20-14-5-4-11(18)8-13(14)19/h1-5,8H,6-7,9,18H2. The van der Waals surface area contributed by atoms with Crippen LogP contribution in [-0.2, 0) is 6.54 Å². The van der Waals surface area contributed by atoms with Crippen molar-refractivity contribution in [1.29, 1.82) is 0 Å². The topological polar surface area (TPSA) is 29.3 Å². The zero-order chi connectivity index (χ0) is 14.1. The number of rotatable bonds is 2. The summed E-state index contributed by atoms with van der Waals surface area (Å²) in [6.45, 7) is 1.49. The molecule has 5 heteroatoms. The summed E-state index contributed by atoms with van der Waals surface area (Å²) < 4.78 is 13.5. The van der Waals surface area contributed by atoms with E-state index in [1.54, 1.807) is 6.07 Å². The first-order valence-corrected chi connectivity index (χ1v) is 7.71. The van der Waals surface area contributed by atoms with Crippen molar-refractivity contribution in [2.24, 2.45) is 0 Å². The summed E-state index contributed by atoms with van der Waals surface area (Å²) in [6, 6.07) is 10.8. The maximum Gasteiger partial charge on any atom is 0.142 e. The number of nitrogen functional groups attached to an aromatic ring is 1. The van der Waals surface area contributed by atoms with Gasteiger partial charge in [-0.2, -0.15) is 0 Å². The van der Waals surface area contributed by atoms with E-state index in [-0.39, 0.29) is 10.8 Å². The van der Waals surface area contributed by atoms with Gasteiger partial charge in [-0.3, -0.25) is 0 Å². The average molecular weight is 309 g/mol. The van der Waals surface area contributed by atoms with E-state index in [4.69, 9.17) is 17.3 Å². The molecule has 0 bridgehead atoms. The highest BCUT2D eigenvalue weighted by atomic mass is 35.5. The molecule has 104 valence electrons. The number of hydrogen-bond donors (Lipinski definition) is 1. The van der Waals surface area contributed by atoms with E-state index >= 15 is 0 Å². The highest BCUT2D eigenvalue weighted by Gasteiger charge is 2.19. The van der Waals surface area contributed by atoms with Crippen LogP contribution in [0.2, 0.25) is 5.02 Å². The molecule has 2 N–H and O–H groups in total. The van der Waals surface area contributed by atoms with E-state index in [1.807, 2.05) is 36.0 Å². The molecule has 0 saturated carbocycles. The molecule has 0 aromatic heterocycles. The van der Waals surface area contributed by atoms with E-state index in [0.717, 1.165) is 29.2 Å². The minimum absolute atomic E-state index is 0.205. The van der Waals surface area contributed by atoms with E-state index in [9.17, 15) is 4.39 Å². The molecule has 0 fully saturated rings. The summed E-state index contributed by atoms with van der Waals surface area (Å²) in [5.74, 6) is 0.632. The van der Waals surface area contributed by atoms with Crippen molar-refractivity contribution in [1.82, 2.24) is 0 Å². The lowest BCUT2D eigenvalue weighted by atomic mass is 10.1. The zero-order valence-electron chi connectivity index (χ0n) is 10.8. The Hall–Kier alpha value is -1.39. The Balaban J connectivity index is 1.93. The third-order valence-electron chi connectivity index (χ3n) is 3.34. The molecule has 1 aliphatic heterocycles. The predicted molar refractivity (Wildman–Crippen MR) is 84.0 cm³/mol. The van der Waals surface area contributed by atoms with Crippen molar-refractivity contribution in [3.05, 3.63) is 52.8 Å². The Kier molecular flexibility index (Phi) is 3.76. The molecule has 0 spiro atoms.